The van der Waals surface area contributed by atoms with Crippen molar-refractivity contribution in [3.63, 3.8) is 0 Å². The molecule has 17 heavy (non-hydrogen) atoms. The molecule has 3 nitrogen and oxygen atoms in total. The van der Waals surface area contributed by atoms with Crippen LogP contribution in [0.1, 0.15) is 0 Å². The van der Waals surface area contributed by atoms with Gasteiger partial charge in [0.05, 0.1) is 10.2 Å². The molecule has 3 N–H and O–H groups in total. The number of anilines is 3. The molecule has 0 aliphatic heterocycles. The van der Waals surface area contributed by atoms with Crippen LogP contribution in [0.15, 0.2) is 34.8 Å². The summed E-state index contributed by atoms with van der Waals surface area (Å²) < 4.78 is 13.7. The van der Waals surface area contributed by atoms with Gasteiger partial charge in [0, 0.05) is 5.69 Å². The Labute approximate surface area is 111 Å². The molecule has 88 valence electrons. The first kappa shape index (κ1) is 12.1. The van der Waals surface area contributed by atoms with Crippen LogP contribution in [-0.4, -0.2) is 4.98 Å². The van der Waals surface area contributed by atoms with Crippen LogP contribution in [0.4, 0.5) is 21.6 Å². The maximum atomic E-state index is 13.3. The van der Waals surface area contributed by atoms with Gasteiger partial charge in [0.25, 0.3) is 0 Å². The molecule has 0 bridgehead atoms. The molecule has 0 aliphatic rings. The first-order valence-electron chi connectivity index (χ1n) is 4.70. The first-order chi connectivity index (χ1) is 8.06. The average Bonchev–Trinajstić information content (AvgIpc) is 2.29. The van der Waals surface area contributed by atoms with E-state index in [0.29, 0.717) is 26.8 Å². The minimum absolute atomic E-state index is 0.319. The monoisotopic (exact) mass is 315 g/mol. The smallest absolute Gasteiger partial charge is 0.155 e. The van der Waals surface area contributed by atoms with Gasteiger partial charge in [0.2, 0.25) is 0 Å². The summed E-state index contributed by atoms with van der Waals surface area (Å²) in [6, 6.07) is 7.86. The number of rotatable bonds is 2. The van der Waals surface area contributed by atoms with Gasteiger partial charge < -0.3 is 11.1 Å². The lowest BCUT2D eigenvalue weighted by molar-refractivity contribution is 0.622. The fraction of sp³-hybridized carbons (Fsp3) is 0. The van der Waals surface area contributed by atoms with Crippen molar-refractivity contribution in [3.05, 3.63) is 45.8 Å². The Morgan fingerprint density at radius 2 is 2.06 bits per heavy atom. The van der Waals surface area contributed by atoms with E-state index in [2.05, 4.69) is 26.2 Å². The Hall–Kier alpha value is -1.33. The van der Waals surface area contributed by atoms with Crippen molar-refractivity contribution < 1.29 is 4.39 Å². The van der Waals surface area contributed by atoms with Crippen molar-refractivity contribution in [1.82, 2.24) is 4.98 Å². The van der Waals surface area contributed by atoms with Gasteiger partial charge in [-0.3, -0.25) is 0 Å². The number of aromatic nitrogens is 1. The SMILES string of the molecule is Nc1ccc(Cl)nc1Nc1ccc(Br)c(F)c1. The molecule has 2 aromatic rings. The Bertz CT molecular complexity index is 562. The Morgan fingerprint density at radius 3 is 2.76 bits per heavy atom. The molecule has 0 radical (unpaired) electrons. The minimum Gasteiger partial charge on any atom is -0.396 e. The number of nitrogens with zero attached hydrogens (tertiary/aromatic N) is 1. The molecule has 0 spiro atoms. The first-order valence-corrected chi connectivity index (χ1v) is 5.87. The summed E-state index contributed by atoms with van der Waals surface area (Å²) in [6.07, 6.45) is 0. The number of nitrogens with one attached hydrogen (secondary N) is 1. The zero-order valence-electron chi connectivity index (χ0n) is 8.55. The number of nitrogen functional groups attached to an aromatic ring is 1. The molecular weight excluding hydrogens is 308 g/mol. The molecule has 2 rings (SSSR count). The van der Waals surface area contributed by atoms with E-state index in [1.807, 2.05) is 0 Å². The van der Waals surface area contributed by atoms with Crippen LogP contribution >= 0.6 is 27.5 Å². The van der Waals surface area contributed by atoms with E-state index < -0.39 is 0 Å². The minimum atomic E-state index is -0.365. The molecule has 6 heteroatoms. The van der Waals surface area contributed by atoms with Crippen LogP contribution in [0, 0.1) is 5.82 Å². The molecule has 0 saturated carbocycles. The number of halogens is 3. The van der Waals surface area contributed by atoms with Gasteiger partial charge in [0.1, 0.15) is 11.0 Å². The molecule has 1 heterocycles. The van der Waals surface area contributed by atoms with Crippen LogP contribution in [0.25, 0.3) is 0 Å². The second kappa shape index (κ2) is 4.89. The summed E-state index contributed by atoms with van der Waals surface area (Å²) in [5.74, 6) is 0.0369. The Kier molecular flexibility index (Phi) is 3.49. The van der Waals surface area contributed by atoms with Gasteiger partial charge in [-0.2, -0.15) is 0 Å². The van der Waals surface area contributed by atoms with Crippen LogP contribution in [0.5, 0.6) is 0 Å². The molecule has 0 atom stereocenters. The van der Waals surface area contributed by atoms with E-state index in [9.17, 15) is 4.39 Å². The predicted octanol–water partition coefficient (Wildman–Crippen LogP) is 3.96. The number of hydrogen-bond donors (Lipinski definition) is 2. The predicted molar refractivity (Wildman–Crippen MR) is 71.0 cm³/mol. The topological polar surface area (TPSA) is 50.9 Å². The van der Waals surface area contributed by atoms with Crippen LogP contribution in [-0.2, 0) is 0 Å². The number of nitrogens with two attached hydrogens (primary N) is 1. The quantitative estimate of drug-likeness (QED) is 0.825. The van der Waals surface area contributed by atoms with Crippen molar-refractivity contribution in [3.8, 4) is 0 Å². The summed E-state index contributed by atoms with van der Waals surface area (Å²) in [5, 5.41) is 3.22. The van der Waals surface area contributed by atoms with Gasteiger partial charge >= 0.3 is 0 Å². The molecule has 0 unspecified atom stereocenters. The highest BCUT2D eigenvalue weighted by Gasteiger charge is 2.05. The van der Waals surface area contributed by atoms with Crippen molar-refractivity contribution in [2.24, 2.45) is 0 Å². The fourth-order valence-electron chi connectivity index (χ4n) is 1.26. The van der Waals surface area contributed by atoms with Gasteiger partial charge in [0.15, 0.2) is 5.82 Å². The number of pyridine rings is 1. The summed E-state index contributed by atoms with van der Waals surface area (Å²) in [4.78, 5) is 4.02. The third-order valence-electron chi connectivity index (χ3n) is 2.07. The third kappa shape index (κ3) is 2.87. The lowest BCUT2D eigenvalue weighted by Crippen LogP contribution is -1.99. The van der Waals surface area contributed by atoms with E-state index in [-0.39, 0.29) is 5.82 Å². The van der Waals surface area contributed by atoms with Crippen molar-refractivity contribution in [1.29, 1.82) is 0 Å². The van der Waals surface area contributed by atoms with Crippen molar-refractivity contribution >= 4 is 44.7 Å². The van der Waals surface area contributed by atoms with Crippen LogP contribution in [0.3, 0.4) is 0 Å². The van der Waals surface area contributed by atoms with Crippen LogP contribution in [0.2, 0.25) is 5.15 Å². The summed E-state index contributed by atoms with van der Waals surface area (Å²) >= 11 is 8.83. The zero-order chi connectivity index (χ0) is 12.4. The molecule has 1 aromatic carbocycles. The maximum Gasteiger partial charge on any atom is 0.155 e. The van der Waals surface area contributed by atoms with E-state index in [0.717, 1.165) is 0 Å². The van der Waals surface area contributed by atoms with Gasteiger partial charge in [-0.25, -0.2) is 9.37 Å². The lowest BCUT2D eigenvalue weighted by atomic mass is 10.3. The number of hydrogen-bond acceptors (Lipinski definition) is 3. The highest BCUT2D eigenvalue weighted by molar-refractivity contribution is 9.10. The third-order valence-corrected chi connectivity index (χ3v) is 2.93. The van der Waals surface area contributed by atoms with Gasteiger partial charge in [-0.05, 0) is 46.3 Å². The maximum absolute atomic E-state index is 13.3. The molecule has 1 aromatic heterocycles. The van der Waals surface area contributed by atoms with E-state index >= 15 is 0 Å². The van der Waals surface area contributed by atoms with Crippen molar-refractivity contribution in [2.75, 3.05) is 11.1 Å². The van der Waals surface area contributed by atoms with E-state index in [4.69, 9.17) is 17.3 Å². The summed E-state index contributed by atoms with van der Waals surface area (Å²) in [5.41, 5.74) is 6.71. The second-order valence-corrected chi connectivity index (χ2v) is 4.57. The second-order valence-electron chi connectivity index (χ2n) is 3.33. The van der Waals surface area contributed by atoms with Crippen LogP contribution < -0.4 is 11.1 Å². The Balaban J connectivity index is 2.31. The lowest BCUT2D eigenvalue weighted by Gasteiger charge is -2.08. The molecule has 0 aliphatic carbocycles. The highest BCUT2D eigenvalue weighted by atomic mass is 79.9. The standard InChI is InChI=1S/C11H8BrClFN3/c12-7-2-1-6(5-8(7)14)16-11-9(15)3-4-10(13)17-11/h1-5H,15H2,(H,16,17). The molecule has 0 amide bonds. The highest BCUT2D eigenvalue weighted by Crippen LogP contribution is 2.25. The van der Waals surface area contributed by atoms with E-state index in [1.54, 1.807) is 24.3 Å². The fourth-order valence-corrected chi connectivity index (χ4v) is 1.65. The van der Waals surface area contributed by atoms with Gasteiger partial charge in [-0.1, -0.05) is 11.6 Å². The average molecular weight is 317 g/mol. The molecular formula is C11H8BrClFN3. The van der Waals surface area contributed by atoms with Crippen molar-refractivity contribution in [2.45, 2.75) is 0 Å². The summed E-state index contributed by atoms with van der Waals surface area (Å²) in [7, 11) is 0. The van der Waals surface area contributed by atoms with E-state index in [1.165, 1.54) is 6.07 Å². The molecule has 0 fully saturated rings. The largest absolute Gasteiger partial charge is 0.396 e. The number of benzene rings is 1. The Morgan fingerprint density at radius 1 is 1.29 bits per heavy atom. The summed E-state index contributed by atoms with van der Waals surface area (Å²) in [6.45, 7) is 0. The molecule has 0 saturated heterocycles. The van der Waals surface area contributed by atoms with Gasteiger partial charge in [-0.15, -0.1) is 0 Å². The normalized spacial score (nSPS) is 10.3. The zero-order valence-corrected chi connectivity index (χ0v) is 10.9.